The topological polar surface area (TPSA) is 78.9 Å². The van der Waals surface area contributed by atoms with Gasteiger partial charge in [-0.05, 0) is 23.6 Å². The van der Waals surface area contributed by atoms with E-state index in [1.165, 1.54) is 15.6 Å². The molecule has 0 fully saturated rings. The molecule has 20 heavy (non-hydrogen) atoms. The highest BCUT2D eigenvalue weighted by Gasteiger charge is 2.12. The Morgan fingerprint density at radius 3 is 3.00 bits per heavy atom. The third kappa shape index (κ3) is 1.71. The number of pyridine rings is 1. The number of nitrogens with one attached hydrogen (secondary N) is 1. The van der Waals surface area contributed by atoms with E-state index in [-0.39, 0.29) is 5.56 Å². The van der Waals surface area contributed by atoms with Crippen LogP contribution in [0.2, 0.25) is 0 Å². The summed E-state index contributed by atoms with van der Waals surface area (Å²) in [7, 11) is 0. The van der Waals surface area contributed by atoms with Gasteiger partial charge < -0.3 is 10.1 Å². The number of H-pyrrole nitrogens is 1. The molecule has 0 aliphatic carbocycles. The van der Waals surface area contributed by atoms with E-state index in [1.54, 1.807) is 28.7 Å². The van der Waals surface area contributed by atoms with Crippen LogP contribution in [0, 0.1) is 0 Å². The van der Waals surface area contributed by atoms with Crippen LogP contribution in [0.5, 0.6) is 0 Å². The van der Waals surface area contributed by atoms with E-state index in [9.17, 15) is 4.79 Å². The van der Waals surface area contributed by atoms with Crippen molar-refractivity contribution in [2.75, 3.05) is 0 Å². The van der Waals surface area contributed by atoms with Crippen molar-refractivity contribution in [1.29, 1.82) is 0 Å². The van der Waals surface area contributed by atoms with E-state index in [0.29, 0.717) is 11.2 Å². The standard InChI is InChI=1S/C13H7N3O2S2/c17-13(18)6-3-7-11(14-5-6)16-12(15-7)10-4-9-8(20-10)1-2-19-9/h1-5H,(H,17,18)(H,14,15,16). The summed E-state index contributed by atoms with van der Waals surface area (Å²) in [6.45, 7) is 0. The maximum Gasteiger partial charge on any atom is 0.337 e. The number of thiophene rings is 2. The first-order valence-corrected chi connectivity index (χ1v) is 7.47. The zero-order valence-corrected chi connectivity index (χ0v) is 11.6. The number of carbonyl (C=O) groups is 1. The van der Waals surface area contributed by atoms with Crippen LogP contribution in [0.25, 0.3) is 31.3 Å². The first kappa shape index (κ1) is 11.6. The van der Waals surface area contributed by atoms with Crippen LogP contribution in [0.4, 0.5) is 0 Å². The Hall–Kier alpha value is -2.25. The smallest absolute Gasteiger partial charge is 0.337 e. The van der Waals surface area contributed by atoms with Crippen molar-refractivity contribution in [2.24, 2.45) is 0 Å². The van der Waals surface area contributed by atoms with Crippen molar-refractivity contribution < 1.29 is 9.90 Å². The number of rotatable bonds is 2. The van der Waals surface area contributed by atoms with Gasteiger partial charge in [0.2, 0.25) is 0 Å². The van der Waals surface area contributed by atoms with Crippen LogP contribution in [-0.2, 0) is 0 Å². The monoisotopic (exact) mass is 301 g/mol. The molecule has 0 aliphatic rings. The van der Waals surface area contributed by atoms with Crippen LogP contribution < -0.4 is 0 Å². The summed E-state index contributed by atoms with van der Waals surface area (Å²) in [5.41, 5.74) is 1.32. The van der Waals surface area contributed by atoms with Crippen LogP contribution in [0.15, 0.2) is 29.8 Å². The Balaban J connectivity index is 1.87. The van der Waals surface area contributed by atoms with Crippen molar-refractivity contribution in [2.45, 2.75) is 0 Å². The van der Waals surface area contributed by atoms with Crippen LogP contribution in [0.1, 0.15) is 10.4 Å². The number of fused-ring (bicyclic) bond motifs is 2. The lowest BCUT2D eigenvalue weighted by Crippen LogP contribution is -1.96. The predicted molar refractivity (Wildman–Crippen MR) is 79.5 cm³/mol. The van der Waals surface area contributed by atoms with Gasteiger partial charge in [0.05, 0.1) is 16.0 Å². The Bertz CT molecular complexity index is 922. The molecule has 4 rings (SSSR count). The summed E-state index contributed by atoms with van der Waals surface area (Å²) in [5, 5.41) is 11.0. The molecule has 0 atom stereocenters. The van der Waals surface area contributed by atoms with Gasteiger partial charge in [-0.2, -0.15) is 0 Å². The second-order valence-corrected chi connectivity index (χ2v) is 6.28. The van der Waals surface area contributed by atoms with Crippen molar-refractivity contribution in [3.63, 3.8) is 0 Å². The fourth-order valence-corrected chi connectivity index (χ4v) is 4.07. The van der Waals surface area contributed by atoms with Gasteiger partial charge in [-0.1, -0.05) is 0 Å². The molecule has 2 N–H and O–H groups in total. The Labute approximate surface area is 120 Å². The molecule has 0 radical (unpaired) electrons. The number of carboxylic acid groups (broad SMARTS) is 1. The number of aromatic carboxylic acids is 1. The molecule has 0 aliphatic heterocycles. The van der Waals surface area contributed by atoms with E-state index < -0.39 is 5.97 Å². The second kappa shape index (κ2) is 4.12. The van der Waals surface area contributed by atoms with Crippen molar-refractivity contribution in [3.05, 3.63) is 35.3 Å². The highest BCUT2D eigenvalue weighted by Crippen LogP contribution is 2.35. The zero-order chi connectivity index (χ0) is 13.7. The molecule has 98 valence electrons. The summed E-state index contributed by atoms with van der Waals surface area (Å²) >= 11 is 3.35. The third-order valence-electron chi connectivity index (χ3n) is 2.96. The van der Waals surface area contributed by atoms with Gasteiger partial charge >= 0.3 is 5.97 Å². The second-order valence-electron chi connectivity index (χ2n) is 4.25. The number of hydrogen-bond donors (Lipinski definition) is 2. The van der Waals surface area contributed by atoms with Crippen molar-refractivity contribution >= 4 is 49.2 Å². The van der Waals surface area contributed by atoms with Gasteiger partial charge in [-0.3, -0.25) is 0 Å². The molecule has 5 nitrogen and oxygen atoms in total. The zero-order valence-electron chi connectivity index (χ0n) is 9.95. The lowest BCUT2D eigenvalue weighted by atomic mass is 10.3. The van der Waals surface area contributed by atoms with Gasteiger partial charge in [-0.15, -0.1) is 22.7 Å². The van der Waals surface area contributed by atoms with Gasteiger partial charge in [0.15, 0.2) is 11.5 Å². The Morgan fingerprint density at radius 1 is 1.30 bits per heavy atom. The van der Waals surface area contributed by atoms with Crippen LogP contribution in [0.3, 0.4) is 0 Å². The summed E-state index contributed by atoms with van der Waals surface area (Å²) in [6.07, 6.45) is 1.32. The number of imidazole rings is 1. The molecule has 4 aromatic heterocycles. The highest BCUT2D eigenvalue weighted by molar-refractivity contribution is 7.28. The van der Waals surface area contributed by atoms with Crippen molar-refractivity contribution in [1.82, 2.24) is 15.0 Å². The fourth-order valence-electron chi connectivity index (χ4n) is 2.02. The van der Waals surface area contributed by atoms with Gasteiger partial charge in [0.1, 0.15) is 0 Å². The predicted octanol–water partition coefficient (Wildman–Crippen LogP) is 3.60. The lowest BCUT2D eigenvalue weighted by Gasteiger charge is -1.91. The minimum Gasteiger partial charge on any atom is -0.478 e. The number of aromatic nitrogens is 3. The molecule has 0 saturated heterocycles. The number of aromatic amines is 1. The van der Waals surface area contributed by atoms with Crippen LogP contribution >= 0.6 is 22.7 Å². The quantitative estimate of drug-likeness (QED) is 0.593. The van der Waals surface area contributed by atoms with Crippen molar-refractivity contribution in [3.8, 4) is 10.7 Å². The van der Waals surface area contributed by atoms with Gasteiger partial charge in [-0.25, -0.2) is 14.8 Å². The first-order chi connectivity index (χ1) is 9.70. The molecule has 7 heteroatoms. The molecule has 0 spiro atoms. The largest absolute Gasteiger partial charge is 0.478 e. The molecule has 0 saturated carbocycles. The average molecular weight is 301 g/mol. The van der Waals surface area contributed by atoms with Gasteiger partial charge in [0, 0.05) is 15.6 Å². The van der Waals surface area contributed by atoms with E-state index in [0.717, 1.165) is 10.7 Å². The highest BCUT2D eigenvalue weighted by atomic mass is 32.1. The normalized spacial score (nSPS) is 11.4. The molecule has 0 aromatic carbocycles. The molecule has 0 bridgehead atoms. The maximum atomic E-state index is 10.9. The molecule has 4 heterocycles. The molecule has 0 unspecified atom stereocenters. The van der Waals surface area contributed by atoms with E-state index >= 15 is 0 Å². The lowest BCUT2D eigenvalue weighted by molar-refractivity contribution is 0.0696. The maximum absolute atomic E-state index is 10.9. The minimum absolute atomic E-state index is 0.153. The van der Waals surface area contributed by atoms with E-state index in [4.69, 9.17) is 5.11 Å². The Morgan fingerprint density at radius 2 is 2.20 bits per heavy atom. The SMILES string of the molecule is O=C(O)c1cnc2nc(-c3cc4sccc4s3)[nH]c2c1. The third-order valence-corrected chi connectivity index (χ3v) is 5.06. The summed E-state index contributed by atoms with van der Waals surface area (Å²) in [6, 6.07) is 5.72. The first-order valence-electron chi connectivity index (χ1n) is 5.77. The number of hydrogen-bond acceptors (Lipinski definition) is 5. The average Bonchev–Trinajstić information content (AvgIpc) is 3.10. The van der Waals surface area contributed by atoms with Crippen LogP contribution in [-0.4, -0.2) is 26.0 Å². The molecular formula is C13H7N3O2S2. The fraction of sp³-hybridized carbons (Fsp3) is 0. The molecular weight excluding hydrogens is 294 g/mol. The molecule has 0 amide bonds. The number of nitrogens with zero attached hydrogens (tertiary/aromatic N) is 2. The van der Waals surface area contributed by atoms with E-state index in [1.807, 2.05) is 0 Å². The van der Waals surface area contributed by atoms with E-state index in [2.05, 4.69) is 32.5 Å². The number of carboxylic acids is 1. The Kier molecular flexibility index (Phi) is 2.38. The summed E-state index contributed by atoms with van der Waals surface area (Å²) in [5.74, 6) is -0.268. The summed E-state index contributed by atoms with van der Waals surface area (Å²) in [4.78, 5) is 23.6. The summed E-state index contributed by atoms with van der Waals surface area (Å²) < 4.78 is 2.45. The van der Waals surface area contributed by atoms with Gasteiger partial charge in [0.25, 0.3) is 0 Å². The minimum atomic E-state index is -0.993. The molecule has 4 aromatic rings.